The lowest BCUT2D eigenvalue weighted by Crippen LogP contribution is -2.08. The molecule has 0 fully saturated rings. The number of benzene rings is 3. The Kier molecular flexibility index (Phi) is 7.88. The highest BCUT2D eigenvalue weighted by molar-refractivity contribution is 5.91. The molecule has 31 heavy (non-hydrogen) atoms. The summed E-state index contributed by atoms with van der Waals surface area (Å²) in [6.07, 6.45) is 2.77. The van der Waals surface area contributed by atoms with Crippen molar-refractivity contribution in [2.75, 3.05) is 13.2 Å². The summed E-state index contributed by atoms with van der Waals surface area (Å²) < 4.78 is 16.7. The van der Waals surface area contributed by atoms with Crippen LogP contribution in [0.5, 0.6) is 17.2 Å². The van der Waals surface area contributed by atoms with Crippen LogP contribution in [0.25, 0.3) is 11.1 Å². The predicted octanol–water partition coefficient (Wildman–Crippen LogP) is 6.56. The van der Waals surface area contributed by atoms with Gasteiger partial charge < -0.3 is 14.2 Å². The Morgan fingerprint density at radius 2 is 1.35 bits per heavy atom. The van der Waals surface area contributed by atoms with E-state index >= 15 is 0 Å². The van der Waals surface area contributed by atoms with Gasteiger partial charge >= 0.3 is 5.97 Å². The van der Waals surface area contributed by atoms with Crippen LogP contribution >= 0.6 is 0 Å². The number of carbonyl (C=O) groups excluding carboxylic acids is 1. The highest BCUT2D eigenvalue weighted by Gasteiger charge is 2.09. The van der Waals surface area contributed by atoms with Gasteiger partial charge in [-0.05, 0) is 65.6 Å². The highest BCUT2D eigenvalue weighted by Crippen LogP contribution is 2.24. The van der Waals surface area contributed by atoms with Crippen LogP contribution in [0.1, 0.15) is 30.6 Å². The molecule has 0 aliphatic rings. The molecule has 1 atom stereocenters. The molecular formula is C27H28O4. The fraction of sp³-hybridized carbons (Fsp3) is 0.222. The first-order valence-electron chi connectivity index (χ1n) is 10.5. The monoisotopic (exact) mass is 416 g/mol. The molecule has 0 saturated heterocycles. The van der Waals surface area contributed by atoms with E-state index in [-0.39, 0.29) is 0 Å². The molecule has 0 aromatic heterocycles. The number of esters is 1. The van der Waals surface area contributed by atoms with Crippen LogP contribution < -0.4 is 14.2 Å². The highest BCUT2D eigenvalue weighted by atomic mass is 16.5. The summed E-state index contributed by atoms with van der Waals surface area (Å²) in [6.45, 7) is 9.10. The zero-order valence-corrected chi connectivity index (χ0v) is 18.0. The lowest BCUT2D eigenvalue weighted by molar-refractivity contribution is 0.0734. The molecule has 3 aromatic carbocycles. The first-order chi connectivity index (χ1) is 15.1. The molecule has 160 valence electrons. The molecule has 3 aromatic rings. The third kappa shape index (κ3) is 6.48. The molecule has 3 rings (SSSR count). The van der Waals surface area contributed by atoms with Crippen LogP contribution in [-0.2, 0) is 0 Å². The van der Waals surface area contributed by atoms with E-state index in [2.05, 4.69) is 20.4 Å². The van der Waals surface area contributed by atoms with Crippen molar-refractivity contribution >= 4 is 5.97 Å². The van der Waals surface area contributed by atoms with Crippen molar-refractivity contribution in [3.8, 4) is 28.4 Å². The Balaban J connectivity index is 1.59. The van der Waals surface area contributed by atoms with E-state index < -0.39 is 5.97 Å². The largest absolute Gasteiger partial charge is 0.493 e. The van der Waals surface area contributed by atoms with Crippen molar-refractivity contribution in [3.05, 3.63) is 91.0 Å². The van der Waals surface area contributed by atoms with E-state index in [1.54, 1.807) is 42.5 Å². The van der Waals surface area contributed by atoms with Crippen molar-refractivity contribution in [2.45, 2.75) is 20.3 Å². The zero-order valence-electron chi connectivity index (χ0n) is 18.0. The van der Waals surface area contributed by atoms with E-state index in [1.807, 2.05) is 36.4 Å². The summed E-state index contributed by atoms with van der Waals surface area (Å²) in [5, 5.41) is 0. The summed E-state index contributed by atoms with van der Waals surface area (Å²) in [5.74, 6) is 2.16. The van der Waals surface area contributed by atoms with Crippen molar-refractivity contribution in [3.63, 3.8) is 0 Å². The minimum atomic E-state index is -0.403. The van der Waals surface area contributed by atoms with Gasteiger partial charge in [0.25, 0.3) is 0 Å². The molecule has 0 spiro atoms. The zero-order chi connectivity index (χ0) is 22.1. The summed E-state index contributed by atoms with van der Waals surface area (Å²) in [7, 11) is 0. The van der Waals surface area contributed by atoms with Crippen LogP contribution in [-0.4, -0.2) is 19.2 Å². The van der Waals surface area contributed by atoms with Crippen molar-refractivity contribution in [1.82, 2.24) is 0 Å². The van der Waals surface area contributed by atoms with Gasteiger partial charge in [-0.25, -0.2) is 4.79 Å². The molecule has 0 unspecified atom stereocenters. The van der Waals surface area contributed by atoms with Gasteiger partial charge in [-0.1, -0.05) is 57.2 Å². The van der Waals surface area contributed by atoms with Gasteiger partial charge in [0.15, 0.2) is 0 Å². The van der Waals surface area contributed by atoms with Crippen LogP contribution in [0.2, 0.25) is 0 Å². The van der Waals surface area contributed by atoms with Crippen LogP contribution in [0.15, 0.2) is 85.5 Å². The number of hydrogen-bond donors (Lipinski definition) is 0. The minimum Gasteiger partial charge on any atom is -0.493 e. The average molecular weight is 417 g/mol. The molecule has 0 bridgehead atoms. The topological polar surface area (TPSA) is 44.8 Å². The van der Waals surface area contributed by atoms with Gasteiger partial charge in [0.2, 0.25) is 0 Å². The third-order valence-corrected chi connectivity index (χ3v) is 4.94. The maximum Gasteiger partial charge on any atom is 0.343 e. The van der Waals surface area contributed by atoms with Gasteiger partial charge in [0, 0.05) is 0 Å². The molecule has 0 aliphatic carbocycles. The second kappa shape index (κ2) is 11.0. The third-order valence-electron chi connectivity index (χ3n) is 4.94. The molecule has 4 heteroatoms. The smallest absolute Gasteiger partial charge is 0.343 e. The minimum absolute atomic E-state index is 0.403. The Hall–Kier alpha value is -3.53. The van der Waals surface area contributed by atoms with E-state index in [9.17, 15) is 4.79 Å². The maximum atomic E-state index is 12.4. The van der Waals surface area contributed by atoms with Gasteiger partial charge in [-0.15, -0.1) is 0 Å². The molecule has 0 N–H and O–H groups in total. The van der Waals surface area contributed by atoms with Crippen molar-refractivity contribution in [1.29, 1.82) is 0 Å². The van der Waals surface area contributed by atoms with Gasteiger partial charge in [-0.2, -0.15) is 0 Å². The molecule has 0 radical (unpaired) electrons. The van der Waals surface area contributed by atoms with E-state index in [1.165, 1.54) is 0 Å². The second-order valence-corrected chi connectivity index (χ2v) is 7.39. The SMILES string of the molecule is C=CCOc1ccc(OC(=O)c2ccc(-c3ccc(OC[C@@H](C)CC)cc3)cc2)cc1. The summed E-state index contributed by atoms with van der Waals surface area (Å²) in [5.41, 5.74) is 2.57. The summed E-state index contributed by atoms with van der Waals surface area (Å²) >= 11 is 0. The van der Waals surface area contributed by atoms with Crippen LogP contribution in [0, 0.1) is 5.92 Å². The van der Waals surface area contributed by atoms with Gasteiger partial charge in [0.1, 0.15) is 23.9 Å². The number of ether oxygens (including phenoxy) is 3. The molecule has 0 saturated carbocycles. The summed E-state index contributed by atoms with van der Waals surface area (Å²) in [4.78, 5) is 12.4. The lowest BCUT2D eigenvalue weighted by atomic mass is 10.0. The standard InChI is InChI=1S/C27H28O4/c1-4-18-29-24-14-16-26(17-15-24)31-27(28)23-8-6-21(7-9-23)22-10-12-25(13-11-22)30-19-20(3)5-2/h4,6-17,20H,1,5,18-19H2,2-3H3/t20-/m0/s1. The average Bonchev–Trinajstić information content (AvgIpc) is 2.82. The second-order valence-electron chi connectivity index (χ2n) is 7.39. The Morgan fingerprint density at radius 1 is 0.839 bits per heavy atom. The first kappa shape index (κ1) is 22.2. The van der Waals surface area contributed by atoms with E-state index in [4.69, 9.17) is 14.2 Å². The van der Waals surface area contributed by atoms with Crippen LogP contribution in [0.4, 0.5) is 0 Å². The van der Waals surface area contributed by atoms with Crippen molar-refractivity contribution < 1.29 is 19.0 Å². The number of carbonyl (C=O) groups is 1. The normalized spacial score (nSPS) is 11.4. The van der Waals surface area contributed by atoms with Crippen LogP contribution in [0.3, 0.4) is 0 Å². The molecule has 4 nitrogen and oxygen atoms in total. The number of hydrogen-bond acceptors (Lipinski definition) is 4. The van der Waals surface area contributed by atoms with Gasteiger partial charge in [0.05, 0.1) is 12.2 Å². The Bertz CT molecular complexity index is 973. The Labute approximate surface area is 184 Å². The first-order valence-corrected chi connectivity index (χ1v) is 10.5. The molecular weight excluding hydrogens is 388 g/mol. The number of rotatable bonds is 10. The molecule has 0 aliphatic heterocycles. The summed E-state index contributed by atoms with van der Waals surface area (Å²) in [6, 6.07) is 22.3. The maximum absolute atomic E-state index is 12.4. The lowest BCUT2D eigenvalue weighted by Gasteiger charge is -2.11. The molecule has 0 amide bonds. The molecule has 0 heterocycles. The fourth-order valence-corrected chi connectivity index (χ4v) is 2.82. The Morgan fingerprint density at radius 3 is 1.94 bits per heavy atom. The van der Waals surface area contributed by atoms with Crippen molar-refractivity contribution in [2.24, 2.45) is 5.92 Å². The fourth-order valence-electron chi connectivity index (χ4n) is 2.82. The quantitative estimate of drug-likeness (QED) is 0.213. The van der Waals surface area contributed by atoms with E-state index in [0.717, 1.165) is 29.9 Å². The predicted molar refractivity (Wildman–Crippen MR) is 124 cm³/mol. The van der Waals surface area contributed by atoms with E-state index in [0.29, 0.717) is 29.6 Å². The van der Waals surface area contributed by atoms with Gasteiger partial charge in [-0.3, -0.25) is 0 Å².